The molecule has 0 saturated carbocycles. The molecule has 0 spiro atoms. The van der Waals surface area contributed by atoms with Gasteiger partial charge in [-0.2, -0.15) is 0 Å². The minimum Gasteiger partial charge on any atom is -0.0526 e. The molecule has 0 aromatic heterocycles. The van der Waals surface area contributed by atoms with Gasteiger partial charge in [0.05, 0.1) is 25.1 Å². The van der Waals surface area contributed by atoms with Gasteiger partial charge in [0.1, 0.15) is 0 Å². The van der Waals surface area contributed by atoms with E-state index in [0.717, 1.165) is 5.66 Å². The number of hydrogen-bond donors (Lipinski definition) is 0. The molecule has 0 fully saturated rings. The molecular weight excluding hydrogens is 146 g/mol. The smallest absolute Gasteiger partial charge is 0.0526 e. The molecule has 0 aliphatic rings. The van der Waals surface area contributed by atoms with E-state index in [1.165, 1.54) is 0 Å². The van der Waals surface area contributed by atoms with Gasteiger partial charge in [-0.25, -0.2) is 0 Å². The highest BCUT2D eigenvalue weighted by atomic mass is 32.1. The highest BCUT2D eigenvalue weighted by Crippen LogP contribution is 2.68. The van der Waals surface area contributed by atoms with Gasteiger partial charge >= 0.3 is 0 Å². The van der Waals surface area contributed by atoms with Gasteiger partial charge in [0.15, 0.2) is 0 Å². The molecule has 0 saturated heterocycles. The van der Waals surface area contributed by atoms with Crippen LogP contribution in [0.1, 0.15) is 20.8 Å². The summed E-state index contributed by atoms with van der Waals surface area (Å²) in [6, 6.07) is 0. The van der Waals surface area contributed by atoms with Gasteiger partial charge in [0, 0.05) is 8.93 Å². The largest absolute Gasteiger partial charge is 0.0697 e. The molecule has 0 radical (unpaired) electrons. The molecule has 2 atom stereocenters. The number of rotatable bonds is 2. The Morgan fingerprint density at radius 1 is 1.44 bits per heavy atom. The van der Waals surface area contributed by atoms with Crippen LogP contribution >= 0.6 is 15.9 Å². The zero-order valence-electron chi connectivity index (χ0n) is 6.76. The van der Waals surface area contributed by atoms with Crippen molar-refractivity contribution in [3.63, 3.8) is 0 Å². The summed E-state index contributed by atoms with van der Waals surface area (Å²) >= 11 is 0. The van der Waals surface area contributed by atoms with E-state index < -0.39 is 6.95 Å². The Kier molecular flexibility index (Phi) is 3.94. The van der Waals surface area contributed by atoms with E-state index in [2.05, 4.69) is 48.3 Å². The molecule has 9 heavy (non-hydrogen) atoms. The topological polar surface area (TPSA) is 0 Å². The fraction of sp³-hybridized carbons (Fsp3) is 0.714. The Labute approximate surface area is 61.5 Å². The van der Waals surface area contributed by atoms with Gasteiger partial charge in [0.25, 0.3) is 0 Å². The van der Waals surface area contributed by atoms with Gasteiger partial charge in [-0.15, -0.1) is 0 Å². The number of allylic oxidation sites excluding steroid dienone is 1. The van der Waals surface area contributed by atoms with Crippen LogP contribution in [0.4, 0.5) is 0 Å². The summed E-state index contributed by atoms with van der Waals surface area (Å²) in [5, 5.41) is 0. The lowest BCUT2D eigenvalue weighted by Gasteiger charge is -2.16. The van der Waals surface area contributed by atoms with Crippen LogP contribution in [-0.2, 0) is 0 Å². The van der Waals surface area contributed by atoms with Crippen LogP contribution in [0.15, 0.2) is 11.9 Å². The molecule has 0 aromatic carbocycles. The van der Waals surface area contributed by atoms with E-state index in [0.29, 0.717) is 0 Å². The standard InChI is InChI=1S/C7H17P2/c1-5-6-9(4,8)7(2)3/h5-7H,8H2,1-4H3/q+1/b6-5-. The quantitative estimate of drug-likeness (QED) is 0.547. The molecule has 54 valence electrons. The lowest BCUT2D eigenvalue weighted by molar-refractivity contribution is 1.09. The lowest BCUT2D eigenvalue weighted by Crippen LogP contribution is -1.93. The van der Waals surface area contributed by atoms with Crippen molar-refractivity contribution in [3.05, 3.63) is 11.9 Å². The van der Waals surface area contributed by atoms with Crippen molar-refractivity contribution in [1.82, 2.24) is 0 Å². The summed E-state index contributed by atoms with van der Waals surface area (Å²) in [6.45, 7) is 8.20. The van der Waals surface area contributed by atoms with E-state index in [9.17, 15) is 0 Å². The van der Waals surface area contributed by atoms with Crippen molar-refractivity contribution in [2.45, 2.75) is 26.4 Å². The van der Waals surface area contributed by atoms with E-state index in [1.807, 2.05) is 0 Å². The summed E-state index contributed by atoms with van der Waals surface area (Å²) in [4.78, 5) is 0. The van der Waals surface area contributed by atoms with E-state index in [1.54, 1.807) is 0 Å². The maximum atomic E-state index is 2.98. The predicted octanol–water partition coefficient (Wildman–Crippen LogP) is 3.37. The van der Waals surface area contributed by atoms with Crippen LogP contribution in [0, 0.1) is 0 Å². The Morgan fingerprint density at radius 3 is 2.00 bits per heavy atom. The van der Waals surface area contributed by atoms with Gasteiger partial charge < -0.3 is 0 Å². The van der Waals surface area contributed by atoms with E-state index in [-0.39, 0.29) is 0 Å². The minimum atomic E-state index is -0.778. The third-order valence-corrected chi connectivity index (χ3v) is 7.05. The zero-order chi connectivity index (χ0) is 7.49. The Morgan fingerprint density at radius 2 is 1.89 bits per heavy atom. The Hall–Kier alpha value is 0.600. The monoisotopic (exact) mass is 163 g/mol. The SMILES string of the molecule is C/C=C\[P+](C)(P)C(C)C. The second kappa shape index (κ2) is 3.69. The van der Waals surface area contributed by atoms with Gasteiger partial charge in [-0.05, 0) is 20.8 Å². The molecule has 0 nitrogen and oxygen atoms in total. The third-order valence-electron chi connectivity index (χ3n) is 1.58. The zero-order valence-corrected chi connectivity index (χ0v) is 8.81. The van der Waals surface area contributed by atoms with Gasteiger partial charge in [-0.1, -0.05) is 6.08 Å². The van der Waals surface area contributed by atoms with Crippen LogP contribution < -0.4 is 0 Å². The first-order valence-electron chi connectivity index (χ1n) is 3.29. The van der Waals surface area contributed by atoms with Crippen molar-refractivity contribution in [3.8, 4) is 0 Å². The first-order valence-corrected chi connectivity index (χ1v) is 7.28. The summed E-state index contributed by atoms with van der Waals surface area (Å²) in [5.74, 6) is 2.34. The first kappa shape index (κ1) is 9.60. The first-order chi connectivity index (χ1) is 4.00. The van der Waals surface area contributed by atoms with Gasteiger partial charge in [-0.3, -0.25) is 0 Å². The van der Waals surface area contributed by atoms with Crippen LogP contribution in [-0.4, -0.2) is 12.3 Å². The van der Waals surface area contributed by atoms with Crippen molar-refractivity contribution in [1.29, 1.82) is 0 Å². The molecule has 0 aliphatic carbocycles. The van der Waals surface area contributed by atoms with Crippen LogP contribution in [0.2, 0.25) is 0 Å². The molecule has 0 amide bonds. The molecule has 0 rings (SSSR count). The molecule has 0 aliphatic heterocycles. The van der Waals surface area contributed by atoms with Crippen LogP contribution in [0.25, 0.3) is 0 Å². The van der Waals surface area contributed by atoms with Gasteiger partial charge in [0.2, 0.25) is 0 Å². The molecular formula is C7H17P2+. The molecule has 0 N–H and O–H groups in total. The Balaban J connectivity index is 4.01. The molecule has 0 aromatic rings. The highest BCUT2D eigenvalue weighted by molar-refractivity contribution is 8.26. The summed E-state index contributed by atoms with van der Waals surface area (Å²) in [5.41, 5.74) is 0.804. The van der Waals surface area contributed by atoms with Crippen LogP contribution in [0.3, 0.4) is 0 Å². The fourth-order valence-electron chi connectivity index (χ4n) is 0.493. The summed E-state index contributed by atoms with van der Waals surface area (Å²) < 4.78 is 0. The van der Waals surface area contributed by atoms with E-state index in [4.69, 9.17) is 0 Å². The molecule has 0 heterocycles. The Bertz CT molecular complexity index is 103. The average molecular weight is 163 g/mol. The maximum absolute atomic E-state index is 2.98. The highest BCUT2D eigenvalue weighted by Gasteiger charge is 2.25. The van der Waals surface area contributed by atoms with Crippen LogP contribution in [0.5, 0.6) is 0 Å². The average Bonchev–Trinajstić information content (AvgIpc) is 1.65. The molecule has 2 heteroatoms. The fourth-order valence-corrected chi connectivity index (χ4v) is 2.00. The summed E-state index contributed by atoms with van der Waals surface area (Å²) in [7, 11) is 2.98. The normalized spacial score (nSPS) is 18.9. The lowest BCUT2D eigenvalue weighted by atomic mass is 10.6. The maximum Gasteiger partial charge on any atom is 0.0697 e. The second-order valence-corrected chi connectivity index (χ2v) is 9.91. The minimum absolute atomic E-state index is 0.778. The van der Waals surface area contributed by atoms with Crippen molar-refractivity contribution >= 4 is 15.9 Å². The second-order valence-electron chi connectivity index (χ2n) is 2.80. The van der Waals surface area contributed by atoms with Crippen molar-refractivity contribution < 1.29 is 0 Å². The van der Waals surface area contributed by atoms with E-state index >= 15 is 0 Å². The number of hydrogen-bond acceptors (Lipinski definition) is 0. The molecule has 0 bridgehead atoms. The molecule has 2 unspecified atom stereocenters. The predicted molar refractivity (Wildman–Crippen MR) is 52.5 cm³/mol. The van der Waals surface area contributed by atoms with Crippen molar-refractivity contribution in [2.24, 2.45) is 0 Å². The third kappa shape index (κ3) is 3.33. The summed E-state index contributed by atoms with van der Waals surface area (Å²) in [6.07, 6.45) is 2.15. The van der Waals surface area contributed by atoms with Crippen molar-refractivity contribution in [2.75, 3.05) is 6.66 Å².